The molecule has 0 N–H and O–H groups in total. The molecule has 1 atom stereocenters. The first-order chi connectivity index (χ1) is 12.1. The fourth-order valence-corrected chi connectivity index (χ4v) is 4.63. The van der Waals surface area contributed by atoms with Crippen molar-refractivity contribution in [1.29, 1.82) is 0 Å². The van der Waals surface area contributed by atoms with Crippen molar-refractivity contribution in [1.82, 2.24) is 20.0 Å². The molecule has 6 heteroatoms. The molecule has 4 heterocycles. The first-order valence-electron chi connectivity index (χ1n) is 9.66. The minimum Gasteiger partial charge on any atom is -0.356 e. The van der Waals surface area contributed by atoms with Gasteiger partial charge in [0.25, 0.3) is 5.71 Å². The third-order valence-electron chi connectivity index (χ3n) is 5.87. The third-order valence-corrected chi connectivity index (χ3v) is 5.87. The number of piperidine rings is 1. The molecular weight excluding hydrogens is 314 g/mol. The fraction of sp³-hybridized carbons (Fsp3) is 0.737. The molecular formula is C19H29N5O. The van der Waals surface area contributed by atoms with Crippen LogP contribution in [0.3, 0.4) is 0 Å². The number of rotatable bonds is 4. The van der Waals surface area contributed by atoms with E-state index in [1.807, 2.05) is 6.92 Å². The normalized spacial score (nSPS) is 23.2. The van der Waals surface area contributed by atoms with Crippen LogP contribution in [0.25, 0.3) is 11.1 Å². The lowest BCUT2D eigenvalue weighted by atomic mass is 9.83. The molecule has 0 saturated carbocycles. The van der Waals surface area contributed by atoms with E-state index in [0.717, 1.165) is 47.7 Å². The molecule has 0 radical (unpaired) electrons. The highest BCUT2D eigenvalue weighted by molar-refractivity contribution is 5.87. The molecule has 0 bridgehead atoms. The Kier molecular flexibility index (Phi) is 4.63. The summed E-state index contributed by atoms with van der Waals surface area (Å²) in [5.41, 5.74) is 1.49. The summed E-state index contributed by atoms with van der Waals surface area (Å²) in [6.45, 7) is 12.6. The SMILES string of the molecule is Cc1noc2ncnc(N3CC[C@@H](C4CCN(CC(C)C)CC4)C3)c12. The molecule has 0 aliphatic carbocycles. The predicted octanol–water partition coefficient (Wildman–Crippen LogP) is 3.12. The Bertz CT molecular complexity index is 720. The minimum atomic E-state index is 0.605. The van der Waals surface area contributed by atoms with Gasteiger partial charge in [-0.3, -0.25) is 0 Å². The van der Waals surface area contributed by atoms with Gasteiger partial charge < -0.3 is 14.3 Å². The van der Waals surface area contributed by atoms with Crippen LogP contribution in [0.5, 0.6) is 0 Å². The van der Waals surface area contributed by atoms with Gasteiger partial charge in [-0.15, -0.1) is 0 Å². The number of anilines is 1. The fourth-order valence-electron chi connectivity index (χ4n) is 4.63. The van der Waals surface area contributed by atoms with Gasteiger partial charge >= 0.3 is 0 Å². The van der Waals surface area contributed by atoms with Crippen molar-refractivity contribution >= 4 is 16.9 Å². The van der Waals surface area contributed by atoms with E-state index < -0.39 is 0 Å². The van der Waals surface area contributed by atoms with E-state index in [1.165, 1.54) is 38.9 Å². The summed E-state index contributed by atoms with van der Waals surface area (Å²) in [7, 11) is 0. The monoisotopic (exact) mass is 343 g/mol. The summed E-state index contributed by atoms with van der Waals surface area (Å²) >= 11 is 0. The topological polar surface area (TPSA) is 58.3 Å². The highest BCUT2D eigenvalue weighted by atomic mass is 16.5. The number of hydrogen-bond donors (Lipinski definition) is 0. The van der Waals surface area contributed by atoms with Gasteiger partial charge in [-0.2, -0.15) is 4.98 Å². The Morgan fingerprint density at radius 1 is 1.12 bits per heavy atom. The van der Waals surface area contributed by atoms with E-state index in [2.05, 4.69) is 38.8 Å². The van der Waals surface area contributed by atoms with E-state index in [0.29, 0.717) is 5.71 Å². The molecule has 4 rings (SSSR count). The van der Waals surface area contributed by atoms with Crippen molar-refractivity contribution in [2.24, 2.45) is 17.8 Å². The molecule has 2 aliphatic heterocycles. The van der Waals surface area contributed by atoms with Crippen molar-refractivity contribution in [3.05, 3.63) is 12.0 Å². The molecule has 2 aliphatic rings. The Balaban J connectivity index is 1.41. The summed E-state index contributed by atoms with van der Waals surface area (Å²) in [5, 5.41) is 5.04. The van der Waals surface area contributed by atoms with Gasteiger partial charge in [0.1, 0.15) is 17.5 Å². The molecule has 2 aromatic heterocycles. The smallest absolute Gasteiger partial charge is 0.263 e. The summed E-state index contributed by atoms with van der Waals surface area (Å²) < 4.78 is 5.30. The van der Waals surface area contributed by atoms with Gasteiger partial charge in [0, 0.05) is 19.6 Å². The molecule has 2 aromatic rings. The zero-order valence-corrected chi connectivity index (χ0v) is 15.6. The van der Waals surface area contributed by atoms with Crippen LogP contribution in [0.4, 0.5) is 5.82 Å². The number of fused-ring (bicyclic) bond motifs is 1. The number of aryl methyl sites for hydroxylation is 1. The molecule has 136 valence electrons. The first kappa shape index (κ1) is 16.8. The van der Waals surface area contributed by atoms with E-state index >= 15 is 0 Å². The summed E-state index contributed by atoms with van der Waals surface area (Å²) in [6, 6.07) is 0. The van der Waals surface area contributed by atoms with Crippen LogP contribution >= 0.6 is 0 Å². The van der Waals surface area contributed by atoms with Crippen molar-refractivity contribution in [3.63, 3.8) is 0 Å². The second-order valence-electron chi connectivity index (χ2n) is 8.17. The summed E-state index contributed by atoms with van der Waals surface area (Å²) in [4.78, 5) is 13.8. The van der Waals surface area contributed by atoms with Crippen molar-refractivity contribution < 1.29 is 4.52 Å². The van der Waals surface area contributed by atoms with Crippen LogP contribution in [-0.2, 0) is 0 Å². The largest absolute Gasteiger partial charge is 0.356 e. The Morgan fingerprint density at radius 2 is 1.88 bits per heavy atom. The zero-order valence-electron chi connectivity index (χ0n) is 15.6. The van der Waals surface area contributed by atoms with Crippen LogP contribution in [0.2, 0.25) is 0 Å². The van der Waals surface area contributed by atoms with Crippen molar-refractivity contribution in [3.8, 4) is 0 Å². The standard InChI is InChI=1S/C19H29N5O/c1-13(2)10-23-7-4-15(5-8-23)16-6-9-24(11-16)18-17-14(3)22-25-19(17)21-12-20-18/h12-13,15-16H,4-11H2,1-3H3/t16-/m1/s1. The second-order valence-corrected chi connectivity index (χ2v) is 8.17. The highest BCUT2D eigenvalue weighted by Gasteiger charge is 2.33. The number of nitrogens with zero attached hydrogens (tertiary/aromatic N) is 5. The lowest BCUT2D eigenvalue weighted by Gasteiger charge is -2.35. The van der Waals surface area contributed by atoms with E-state index in [9.17, 15) is 0 Å². The Hall–Kier alpha value is -1.69. The quantitative estimate of drug-likeness (QED) is 0.850. The Labute approximate surface area is 149 Å². The van der Waals surface area contributed by atoms with Crippen LogP contribution < -0.4 is 4.90 Å². The molecule has 0 unspecified atom stereocenters. The van der Waals surface area contributed by atoms with E-state index in [-0.39, 0.29) is 0 Å². The lowest BCUT2D eigenvalue weighted by molar-refractivity contribution is 0.141. The van der Waals surface area contributed by atoms with E-state index in [4.69, 9.17) is 4.52 Å². The van der Waals surface area contributed by atoms with Crippen LogP contribution in [0.1, 0.15) is 38.8 Å². The van der Waals surface area contributed by atoms with Gasteiger partial charge in [0.05, 0.1) is 5.69 Å². The van der Waals surface area contributed by atoms with Gasteiger partial charge in [-0.05, 0) is 57.0 Å². The summed E-state index contributed by atoms with van der Waals surface area (Å²) in [5.74, 6) is 3.41. The second kappa shape index (κ2) is 6.90. The number of likely N-dealkylation sites (tertiary alicyclic amines) is 1. The first-order valence-corrected chi connectivity index (χ1v) is 9.66. The Morgan fingerprint density at radius 3 is 2.64 bits per heavy atom. The van der Waals surface area contributed by atoms with E-state index in [1.54, 1.807) is 6.33 Å². The zero-order chi connectivity index (χ0) is 17.4. The lowest BCUT2D eigenvalue weighted by Crippen LogP contribution is -2.38. The molecule has 6 nitrogen and oxygen atoms in total. The molecule has 2 saturated heterocycles. The van der Waals surface area contributed by atoms with Gasteiger partial charge in [0.15, 0.2) is 0 Å². The minimum absolute atomic E-state index is 0.605. The van der Waals surface area contributed by atoms with Crippen molar-refractivity contribution in [2.75, 3.05) is 37.6 Å². The van der Waals surface area contributed by atoms with Gasteiger partial charge in [-0.1, -0.05) is 19.0 Å². The third kappa shape index (κ3) is 3.36. The number of hydrogen-bond acceptors (Lipinski definition) is 6. The van der Waals surface area contributed by atoms with Crippen molar-refractivity contribution in [2.45, 2.75) is 40.0 Å². The summed E-state index contributed by atoms with van der Waals surface area (Å²) in [6.07, 6.45) is 5.55. The van der Waals surface area contributed by atoms with Crippen LogP contribution in [0, 0.1) is 24.7 Å². The maximum absolute atomic E-state index is 5.30. The average molecular weight is 343 g/mol. The van der Waals surface area contributed by atoms with Gasteiger partial charge in [-0.25, -0.2) is 4.98 Å². The van der Waals surface area contributed by atoms with Crippen LogP contribution in [-0.4, -0.2) is 52.7 Å². The molecule has 2 fully saturated rings. The maximum Gasteiger partial charge on any atom is 0.263 e. The molecule has 0 amide bonds. The predicted molar refractivity (Wildman–Crippen MR) is 98.7 cm³/mol. The van der Waals surface area contributed by atoms with Crippen LogP contribution in [0.15, 0.2) is 10.9 Å². The number of aromatic nitrogens is 3. The average Bonchev–Trinajstić information content (AvgIpc) is 3.23. The maximum atomic E-state index is 5.30. The molecule has 25 heavy (non-hydrogen) atoms. The van der Waals surface area contributed by atoms with Gasteiger partial charge in [0.2, 0.25) is 0 Å². The molecule has 0 spiro atoms. The highest BCUT2D eigenvalue weighted by Crippen LogP contribution is 2.35. The molecule has 0 aromatic carbocycles.